The molecule has 0 aliphatic heterocycles. The highest BCUT2D eigenvalue weighted by Crippen LogP contribution is 2.31. The first-order chi connectivity index (χ1) is 14.3. The topological polar surface area (TPSA) is 122 Å². The minimum absolute atomic E-state index is 0.0316. The van der Waals surface area contributed by atoms with Crippen LogP contribution >= 0.6 is 0 Å². The molecule has 2 aromatic carbocycles. The lowest BCUT2D eigenvalue weighted by molar-refractivity contribution is -0.115. The minimum atomic E-state index is -3.83. The van der Waals surface area contributed by atoms with Gasteiger partial charge in [0.15, 0.2) is 15.6 Å². The molecule has 0 spiro atoms. The highest BCUT2D eigenvalue weighted by atomic mass is 32.2. The van der Waals surface area contributed by atoms with Crippen molar-refractivity contribution in [3.8, 4) is 23.1 Å². The number of methoxy groups -OCH3 is 1. The van der Waals surface area contributed by atoms with Crippen molar-refractivity contribution < 1.29 is 22.5 Å². The molecular formula is C21H19N3O5S. The first kappa shape index (κ1) is 21.1. The van der Waals surface area contributed by atoms with Crippen LogP contribution in [0, 0.1) is 18.3 Å². The van der Waals surface area contributed by atoms with Crippen molar-refractivity contribution in [3.05, 3.63) is 59.8 Å². The van der Waals surface area contributed by atoms with Crippen LogP contribution in [-0.4, -0.2) is 32.3 Å². The fourth-order valence-electron chi connectivity index (χ4n) is 2.80. The third-order valence-corrected chi connectivity index (χ3v) is 6.02. The van der Waals surface area contributed by atoms with Gasteiger partial charge in [0, 0.05) is 23.7 Å². The molecule has 1 amide bonds. The van der Waals surface area contributed by atoms with Crippen LogP contribution in [0.15, 0.2) is 57.9 Å². The molecule has 1 heterocycles. The summed E-state index contributed by atoms with van der Waals surface area (Å²) in [6.45, 7) is 1.76. The molecule has 3 aromatic rings. The number of hydrogen-bond acceptors (Lipinski definition) is 7. The van der Waals surface area contributed by atoms with Crippen molar-refractivity contribution in [1.29, 1.82) is 5.26 Å². The number of benzene rings is 2. The van der Waals surface area contributed by atoms with E-state index in [9.17, 15) is 13.2 Å². The molecule has 9 heteroatoms. The number of sulfone groups is 1. The normalized spacial score (nSPS) is 11.0. The maximum atomic E-state index is 12.9. The Morgan fingerprint density at radius 1 is 1.23 bits per heavy atom. The number of hydrogen-bond donors (Lipinski definition) is 1. The summed E-state index contributed by atoms with van der Waals surface area (Å²) in [7, 11) is -2.45. The van der Waals surface area contributed by atoms with E-state index in [0.717, 1.165) is 0 Å². The van der Waals surface area contributed by atoms with E-state index in [2.05, 4.69) is 10.5 Å². The molecule has 0 aliphatic rings. The summed E-state index contributed by atoms with van der Waals surface area (Å²) in [5.74, 6) is -0.278. The Bertz CT molecular complexity index is 1230. The molecular weight excluding hydrogens is 406 g/mol. The van der Waals surface area contributed by atoms with Crippen LogP contribution in [0.5, 0.6) is 5.75 Å². The molecule has 0 unspecified atom stereocenters. The number of ether oxygens (including phenoxy) is 1. The van der Waals surface area contributed by atoms with E-state index in [-0.39, 0.29) is 17.1 Å². The van der Waals surface area contributed by atoms with Crippen molar-refractivity contribution in [2.75, 3.05) is 18.2 Å². The zero-order valence-electron chi connectivity index (χ0n) is 16.4. The number of amides is 1. The summed E-state index contributed by atoms with van der Waals surface area (Å²) in [4.78, 5) is 12.2. The Balaban J connectivity index is 1.77. The van der Waals surface area contributed by atoms with Crippen LogP contribution in [0.25, 0.3) is 11.3 Å². The lowest BCUT2D eigenvalue weighted by Crippen LogP contribution is -2.18. The second-order valence-corrected chi connectivity index (χ2v) is 8.59. The number of rotatable bonds is 7. The summed E-state index contributed by atoms with van der Waals surface area (Å²) >= 11 is 0. The maximum absolute atomic E-state index is 12.9. The zero-order chi connectivity index (χ0) is 21.7. The van der Waals surface area contributed by atoms with Gasteiger partial charge in [-0.15, -0.1) is 0 Å². The first-order valence-corrected chi connectivity index (χ1v) is 10.6. The van der Waals surface area contributed by atoms with Crippen LogP contribution in [0.4, 0.5) is 5.69 Å². The van der Waals surface area contributed by atoms with Crippen molar-refractivity contribution in [3.63, 3.8) is 0 Å². The quantitative estimate of drug-likeness (QED) is 0.616. The highest BCUT2D eigenvalue weighted by Gasteiger charge is 2.22. The van der Waals surface area contributed by atoms with E-state index in [1.54, 1.807) is 37.3 Å². The van der Waals surface area contributed by atoms with Crippen LogP contribution < -0.4 is 10.1 Å². The van der Waals surface area contributed by atoms with E-state index >= 15 is 0 Å². The summed E-state index contributed by atoms with van der Waals surface area (Å²) in [6.07, 6.45) is -0.256. The molecule has 0 saturated carbocycles. The van der Waals surface area contributed by atoms with Gasteiger partial charge in [0.25, 0.3) is 0 Å². The largest absolute Gasteiger partial charge is 0.495 e. The Morgan fingerprint density at radius 2 is 2.03 bits per heavy atom. The molecule has 30 heavy (non-hydrogen) atoms. The number of nitriles is 1. The number of anilines is 1. The molecule has 154 valence electrons. The van der Waals surface area contributed by atoms with Crippen LogP contribution in [0.2, 0.25) is 0 Å². The van der Waals surface area contributed by atoms with Gasteiger partial charge in [0.1, 0.15) is 10.6 Å². The van der Waals surface area contributed by atoms with Crippen molar-refractivity contribution in [2.45, 2.75) is 18.2 Å². The van der Waals surface area contributed by atoms with Gasteiger partial charge in [-0.3, -0.25) is 4.79 Å². The average Bonchev–Trinajstić information content (AvgIpc) is 3.18. The lowest BCUT2D eigenvalue weighted by atomic mass is 10.1. The van der Waals surface area contributed by atoms with Crippen molar-refractivity contribution in [2.24, 2.45) is 0 Å². The Hall–Kier alpha value is -3.64. The standard InChI is InChI=1S/C21H19N3O5S/c1-14-10-19(29-24-14)16-6-7-18(28-2)20(12-16)30(26,27)9-8-21(25)23-17-5-3-4-15(11-17)13-22/h3-7,10-12H,8-9H2,1-2H3,(H,23,25). The van der Waals surface area contributed by atoms with E-state index < -0.39 is 21.5 Å². The average molecular weight is 425 g/mol. The third-order valence-electron chi connectivity index (χ3n) is 4.28. The van der Waals surface area contributed by atoms with Gasteiger partial charge in [-0.25, -0.2) is 8.42 Å². The lowest BCUT2D eigenvalue weighted by Gasteiger charge is -2.11. The number of aromatic nitrogens is 1. The van der Waals surface area contributed by atoms with E-state index in [4.69, 9.17) is 14.5 Å². The summed E-state index contributed by atoms with van der Waals surface area (Å²) in [5.41, 5.74) is 2.02. The number of nitrogens with one attached hydrogen (secondary N) is 1. The van der Waals surface area contributed by atoms with Crippen molar-refractivity contribution in [1.82, 2.24) is 5.16 Å². The molecule has 0 radical (unpaired) electrons. The second kappa shape index (κ2) is 8.80. The molecule has 1 aromatic heterocycles. The Kier molecular flexibility index (Phi) is 6.18. The van der Waals surface area contributed by atoms with E-state index in [1.165, 1.54) is 25.3 Å². The molecule has 0 aliphatic carbocycles. The first-order valence-electron chi connectivity index (χ1n) is 8.97. The van der Waals surface area contributed by atoms with Gasteiger partial charge in [-0.05, 0) is 43.3 Å². The Labute approximate surface area is 174 Å². The Morgan fingerprint density at radius 3 is 2.70 bits per heavy atom. The van der Waals surface area contributed by atoms with Crippen LogP contribution in [0.3, 0.4) is 0 Å². The third kappa shape index (κ3) is 4.85. The fraction of sp³-hybridized carbons (Fsp3) is 0.190. The SMILES string of the molecule is COc1ccc(-c2cc(C)no2)cc1S(=O)(=O)CCC(=O)Nc1cccc(C#N)c1. The summed E-state index contributed by atoms with van der Waals surface area (Å²) < 4.78 is 36.2. The fourth-order valence-corrected chi connectivity index (χ4v) is 4.24. The predicted octanol–water partition coefficient (Wildman–Crippen LogP) is 3.33. The minimum Gasteiger partial charge on any atom is -0.495 e. The smallest absolute Gasteiger partial charge is 0.225 e. The number of aryl methyl sites for hydroxylation is 1. The van der Waals surface area contributed by atoms with E-state index in [1.807, 2.05) is 6.07 Å². The molecule has 0 bridgehead atoms. The molecule has 8 nitrogen and oxygen atoms in total. The molecule has 0 atom stereocenters. The van der Waals surface area contributed by atoms with E-state index in [0.29, 0.717) is 28.3 Å². The number of carbonyl (C=O) groups is 1. The summed E-state index contributed by atoms with van der Waals surface area (Å²) in [5, 5.41) is 15.3. The molecule has 3 rings (SSSR count). The number of carbonyl (C=O) groups excluding carboxylic acids is 1. The van der Waals surface area contributed by atoms with Gasteiger partial charge < -0.3 is 14.6 Å². The van der Waals surface area contributed by atoms with Gasteiger partial charge in [0.05, 0.1) is 30.2 Å². The van der Waals surface area contributed by atoms with Crippen molar-refractivity contribution >= 4 is 21.4 Å². The van der Waals surface area contributed by atoms with Crippen LogP contribution in [0.1, 0.15) is 17.7 Å². The number of nitrogens with zero attached hydrogens (tertiary/aromatic N) is 2. The second-order valence-electron chi connectivity index (χ2n) is 6.51. The van der Waals surface area contributed by atoms with Gasteiger partial charge >= 0.3 is 0 Å². The predicted molar refractivity (Wildman–Crippen MR) is 110 cm³/mol. The molecule has 1 N–H and O–H groups in total. The van der Waals surface area contributed by atoms with Gasteiger partial charge in [-0.1, -0.05) is 11.2 Å². The van der Waals surface area contributed by atoms with Gasteiger partial charge in [-0.2, -0.15) is 5.26 Å². The molecule has 0 saturated heterocycles. The van der Waals surface area contributed by atoms with Crippen LogP contribution in [-0.2, 0) is 14.6 Å². The zero-order valence-corrected chi connectivity index (χ0v) is 17.2. The summed E-state index contributed by atoms with van der Waals surface area (Å²) in [6, 6.07) is 14.7. The monoisotopic (exact) mass is 425 g/mol. The highest BCUT2D eigenvalue weighted by molar-refractivity contribution is 7.91. The van der Waals surface area contributed by atoms with Gasteiger partial charge in [0.2, 0.25) is 5.91 Å². The molecule has 0 fully saturated rings. The maximum Gasteiger partial charge on any atom is 0.225 e.